The first-order chi connectivity index (χ1) is 7.60. The molecule has 1 amide bonds. The molecule has 16 heavy (non-hydrogen) atoms. The number of carbonyl (C=O) groups is 1. The molecule has 1 unspecified atom stereocenters. The number of benzene rings is 1. The lowest BCUT2D eigenvalue weighted by Crippen LogP contribution is -2.40. The van der Waals surface area contributed by atoms with Gasteiger partial charge in [0.25, 0.3) is 0 Å². The molecule has 0 aliphatic heterocycles. The molecule has 1 aromatic carbocycles. The number of ether oxygens (including phenoxy) is 1. The summed E-state index contributed by atoms with van der Waals surface area (Å²) in [5.41, 5.74) is 0.633. The number of carboxylic acid groups (broad SMARTS) is 1. The molecule has 0 fully saturated rings. The number of anilines is 1. The van der Waals surface area contributed by atoms with E-state index in [4.69, 9.17) is 4.74 Å². The van der Waals surface area contributed by atoms with Crippen LogP contribution in [0.15, 0.2) is 24.3 Å². The number of amides is 1. The van der Waals surface area contributed by atoms with E-state index < -0.39 is 12.3 Å². The van der Waals surface area contributed by atoms with Crippen LogP contribution in [-0.2, 0) is 4.74 Å². The van der Waals surface area contributed by atoms with Crippen molar-refractivity contribution in [2.24, 2.45) is 0 Å². The molecule has 0 spiro atoms. The van der Waals surface area contributed by atoms with E-state index in [1.165, 1.54) is 12.0 Å². The zero-order valence-corrected chi connectivity index (χ0v) is 11.3. The van der Waals surface area contributed by atoms with Crippen molar-refractivity contribution in [1.29, 1.82) is 0 Å². The molecule has 0 saturated carbocycles. The smallest absolute Gasteiger partial charge is 0.413 e. The highest BCUT2D eigenvalue weighted by atomic mass is 127. The quantitative estimate of drug-likeness (QED) is 0.679. The van der Waals surface area contributed by atoms with Crippen LogP contribution in [0.2, 0.25) is 0 Å². The molecule has 0 aliphatic rings. The molecule has 0 aromatic heterocycles. The maximum atomic E-state index is 11.2. The molecular weight excluding hydrogens is 321 g/mol. The van der Waals surface area contributed by atoms with Crippen LogP contribution in [-0.4, -0.2) is 24.5 Å². The van der Waals surface area contributed by atoms with Crippen molar-refractivity contribution in [3.63, 3.8) is 0 Å². The molecule has 0 radical (unpaired) electrons. The topological polar surface area (TPSA) is 49.8 Å². The Morgan fingerprint density at radius 2 is 2.31 bits per heavy atom. The molecule has 1 rings (SSSR count). The largest absolute Gasteiger partial charge is 0.465 e. The highest BCUT2D eigenvalue weighted by Gasteiger charge is 2.23. The van der Waals surface area contributed by atoms with Gasteiger partial charge in [-0.25, -0.2) is 4.79 Å². The Morgan fingerprint density at radius 1 is 1.62 bits per heavy atom. The van der Waals surface area contributed by atoms with Crippen molar-refractivity contribution in [2.75, 3.05) is 12.0 Å². The minimum absolute atomic E-state index is 0.448. The highest BCUT2D eigenvalue weighted by molar-refractivity contribution is 14.1. The number of halogens is 1. The summed E-state index contributed by atoms with van der Waals surface area (Å²) in [6.45, 7) is 1.89. The van der Waals surface area contributed by atoms with E-state index >= 15 is 0 Å². The second-order valence-electron chi connectivity index (χ2n) is 3.23. The van der Waals surface area contributed by atoms with E-state index in [0.29, 0.717) is 12.1 Å². The zero-order chi connectivity index (χ0) is 12.1. The van der Waals surface area contributed by atoms with Crippen molar-refractivity contribution in [1.82, 2.24) is 0 Å². The molecule has 4 nitrogen and oxygen atoms in total. The first-order valence-corrected chi connectivity index (χ1v) is 5.98. The molecule has 0 aliphatic carbocycles. The van der Waals surface area contributed by atoms with Gasteiger partial charge in [-0.2, -0.15) is 0 Å². The van der Waals surface area contributed by atoms with Crippen molar-refractivity contribution in [2.45, 2.75) is 19.6 Å². The Balaban J connectivity index is 3.06. The molecule has 0 bridgehead atoms. The van der Waals surface area contributed by atoms with Crippen LogP contribution in [0.1, 0.15) is 13.3 Å². The van der Waals surface area contributed by atoms with Gasteiger partial charge in [0.2, 0.25) is 0 Å². The van der Waals surface area contributed by atoms with Crippen molar-refractivity contribution in [3.8, 4) is 0 Å². The van der Waals surface area contributed by atoms with Crippen LogP contribution in [0.3, 0.4) is 0 Å². The van der Waals surface area contributed by atoms with Gasteiger partial charge in [-0.3, -0.25) is 4.90 Å². The third-order valence-electron chi connectivity index (χ3n) is 2.20. The Morgan fingerprint density at radius 3 is 2.75 bits per heavy atom. The lowest BCUT2D eigenvalue weighted by atomic mass is 10.2. The summed E-state index contributed by atoms with van der Waals surface area (Å²) in [5.74, 6) is 0. The summed E-state index contributed by atoms with van der Waals surface area (Å²) in [7, 11) is 1.51. The van der Waals surface area contributed by atoms with Gasteiger partial charge in [0.1, 0.15) is 6.23 Å². The highest BCUT2D eigenvalue weighted by Crippen LogP contribution is 2.21. The summed E-state index contributed by atoms with van der Waals surface area (Å²) >= 11 is 2.15. The van der Waals surface area contributed by atoms with E-state index in [0.717, 1.165) is 3.57 Å². The van der Waals surface area contributed by atoms with Gasteiger partial charge >= 0.3 is 6.09 Å². The standard InChI is InChI=1S/C11H14INO3/c1-3-10(16-2)13(11(14)15)9-6-4-5-8(12)7-9/h4-7,10H,3H2,1-2H3,(H,14,15). The summed E-state index contributed by atoms with van der Waals surface area (Å²) < 4.78 is 6.15. The lowest BCUT2D eigenvalue weighted by molar-refractivity contribution is 0.0918. The fourth-order valence-corrected chi connectivity index (χ4v) is 2.01. The molecule has 0 saturated heterocycles. The molecule has 1 N–H and O–H groups in total. The SMILES string of the molecule is CCC(OC)N(C(=O)O)c1cccc(I)c1. The fraction of sp³-hybridized carbons (Fsp3) is 0.364. The monoisotopic (exact) mass is 335 g/mol. The van der Waals surface area contributed by atoms with E-state index in [-0.39, 0.29) is 0 Å². The van der Waals surface area contributed by atoms with Crippen molar-refractivity contribution >= 4 is 34.4 Å². The minimum atomic E-state index is -1.00. The van der Waals surface area contributed by atoms with Crippen LogP contribution in [0.5, 0.6) is 0 Å². The summed E-state index contributed by atoms with van der Waals surface area (Å²) in [4.78, 5) is 12.5. The van der Waals surface area contributed by atoms with Gasteiger partial charge in [-0.15, -0.1) is 0 Å². The van der Waals surface area contributed by atoms with Gasteiger partial charge in [0.05, 0.1) is 5.69 Å². The predicted octanol–water partition coefficient (Wildman–Crippen LogP) is 3.16. The molecular formula is C11H14INO3. The summed E-state index contributed by atoms with van der Waals surface area (Å²) in [5, 5.41) is 9.19. The Kier molecular flexibility index (Phi) is 5.01. The van der Waals surface area contributed by atoms with Gasteiger partial charge in [-0.1, -0.05) is 13.0 Å². The van der Waals surface area contributed by atoms with E-state index in [9.17, 15) is 9.90 Å². The zero-order valence-electron chi connectivity index (χ0n) is 9.18. The maximum absolute atomic E-state index is 11.2. The van der Waals surface area contributed by atoms with Crippen LogP contribution in [0.25, 0.3) is 0 Å². The van der Waals surface area contributed by atoms with Crippen LogP contribution in [0.4, 0.5) is 10.5 Å². The molecule has 1 aromatic rings. The summed E-state index contributed by atoms with van der Waals surface area (Å²) in [6.07, 6.45) is -0.847. The van der Waals surface area contributed by atoms with Gasteiger partial charge in [-0.05, 0) is 47.2 Å². The number of hydrogen-bond donors (Lipinski definition) is 1. The number of methoxy groups -OCH3 is 1. The predicted molar refractivity (Wildman–Crippen MR) is 70.8 cm³/mol. The normalized spacial score (nSPS) is 12.2. The lowest BCUT2D eigenvalue weighted by Gasteiger charge is -2.27. The minimum Gasteiger partial charge on any atom is -0.465 e. The third-order valence-corrected chi connectivity index (χ3v) is 2.87. The second kappa shape index (κ2) is 6.05. The molecule has 0 heterocycles. The van der Waals surface area contributed by atoms with E-state index in [1.807, 2.05) is 25.1 Å². The van der Waals surface area contributed by atoms with Crippen molar-refractivity contribution in [3.05, 3.63) is 27.8 Å². The molecule has 1 atom stereocenters. The second-order valence-corrected chi connectivity index (χ2v) is 4.48. The van der Waals surface area contributed by atoms with Crippen LogP contribution < -0.4 is 4.90 Å². The number of rotatable bonds is 4. The Labute approximate surface area is 108 Å². The Hall–Kier alpha value is -0.820. The number of nitrogens with zero attached hydrogens (tertiary/aromatic N) is 1. The van der Waals surface area contributed by atoms with Crippen LogP contribution >= 0.6 is 22.6 Å². The van der Waals surface area contributed by atoms with Gasteiger partial charge in [0.15, 0.2) is 0 Å². The molecule has 88 valence electrons. The number of hydrogen-bond acceptors (Lipinski definition) is 2. The first kappa shape index (κ1) is 13.2. The van der Waals surface area contributed by atoms with E-state index in [1.54, 1.807) is 6.07 Å². The van der Waals surface area contributed by atoms with Crippen LogP contribution in [0, 0.1) is 3.57 Å². The van der Waals surface area contributed by atoms with E-state index in [2.05, 4.69) is 22.6 Å². The fourth-order valence-electron chi connectivity index (χ4n) is 1.48. The van der Waals surface area contributed by atoms with Crippen molar-refractivity contribution < 1.29 is 14.6 Å². The average molecular weight is 335 g/mol. The first-order valence-electron chi connectivity index (χ1n) is 4.90. The summed E-state index contributed by atoms with van der Waals surface area (Å²) in [6, 6.07) is 7.32. The maximum Gasteiger partial charge on any atom is 0.413 e. The van der Waals surface area contributed by atoms with Gasteiger partial charge < -0.3 is 9.84 Å². The average Bonchev–Trinajstić information content (AvgIpc) is 2.24. The Bertz CT molecular complexity index is 366. The third kappa shape index (κ3) is 3.08. The van der Waals surface area contributed by atoms with Gasteiger partial charge in [0, 0.05) is 10.7 Å². The molecule has 5 heteroatoms.